The van der Waals surface area contributed by atoms with E-state index < -0.39 is 42.1 Å². The number of carboxylic acids is 2. The molecular formula is C9H12O7. The van der Waals surface area contributed by atoms with Crippen molar-refractivity contribution in [1.29, 1.82) is 0 Å². The summed E-state index contributed by atoms with van der Waals surface area (Å²) in [6.45, 7) is 2.09. The standard InChI is InChI=1S/C9H12O7/c1-4(10)3-6(8(12)13)7(9(14)15)16-5(2)11/h6-7H,3H2,1-2H3,(H,12,13)(H,14,15). The molecule has 90 valence electrons. The Hall–Kier alpha value is -1.92. The molecule has 2 atom stereocenters. The third-order valence-corrected chi connectivity index (χ3v) is 1.73. The number of Topliss-reactive ketones (excluding diaryl/α,β-unsaturated/α-hetero) is 1. The van der Waals surface area contributed by atoms with Crippen molar-refractivity contribution in [2.45, 2.75) is 26.4 Å². The number of hydrogen-bond acceptors (Lipinski definition) is 5. The summed E-state index contributed by atoms with van der Waals surface area (Å²) in [5.74, 6) is -6.07. The van der Waals surface area contributed by atoms with Crippen LogP contribution < -0.4 is 0 Å². The molecule has 16 heavy (non-hydrogen) atoms. The molecule has 2 unspecified atom stereocenters. The zero-order valence-electron chi connectivity index (χ0n) is 8.80. The number of carbonyl (C=O) groups is 4. The molecule has 0 bridgehead atoms. The summed E-state index contributed by atoms with van der Waals surface area (Å²) in [5, 5.41) is 17.4. The Balaban J connectivity index is 4.93. The molecule has 7 nitrogen and oxygen atoms in total. The first-order valence-electron chi connectivity index (χ1n) is 4.38. The van der Waals surface area contributed by atoms with E-state index in [4.69, 9.17) is 10.2 Å². The van der Waals surface area contributed by atoms with Gasteiger partial charge in [0.15, 0.2) is 0 Å². The highest BCUT2D eigenvalue weighted by Gasteiger charge is 2.37. The van der Waals surface area contributed by atoms with Gasteiger partial charge in [0, 0.05) is 13.3 Å². The van der Waals surface area contributed by atoms with Gasteiger partial charge >= 0.3 is 17.9 Å². The highest BCUT2D eigenvalue weighted by molar-refractivity contribution is 5.88. The van der Waals surface area contributed by atoms with Crippen molar-refractivity contribution in [2.75, 3.05) is 0 Å². The van der Waals surface area contributed by atoms with Gasteiger partial charge in [0.05, 0.1) is 0 Å². The zero-order valence-corrected chi connectivity index (χ0v) is 8.80. The summed E-state index contributed by atoms with van der Waals surface area (Å²) < 4.78 is 4.36. The highest BCUT2D eigenvalue weighted by Crippen LogP contribution is 2.14. The molecule has 0 aromatic rings. The Morgan fingerprint density at radius 2 is 1.56 bits per heavy atom. The SMILES string of the molecule is CC(=O)CC(C(=O)O)C(OC(C)=O)C(=O)O. The van der Waals surface area contributed by atoms with Gasteiger partial charge in [-0.3, -0.25) is 14.4 Å². The lowest BCUT2D eigenvalue weighted by Gasteiger charge is -2.18. The molecule has 0 aliphatic carbocycles. The van der Waals surface area contributed by atoms with Gasteiger partial charge in [-0.2, -0.15) is 0 Å². The van der Waals surface area contributed by atoms with E-state index in [0.717, 1.165) is 13.8 Å². The molecule has 0 spiro atoms. The van der Waals surface area contributed by atoms with Crippen LogP contribution in [0.3, 0.4) is 0 Å². The summed E-state index contributed by atoms with van der Waals surface area (Å²) >= 11 is 0. The minimum absolute atomic E-state index is 0.495. The monoisotopic (exact) mass is 232 g/mol. The lowest BCUT2D eigenvalue weighted by molar-refractivity contribution is -0.172. The van der Waals surface area contributed by atoms with Crippen molar-refractivity contribution in [3.05, 3.63) is 0 Å². The first-order valence-corrected chi connectivity index (χ1v) is 4.38. The lowest BCUT2D eigenvalue weighted by atomic mass is 9.96. The van der Waals surface area contributed by atoms with E-state index in [2.05, 4.69) is 4.74 Å². The average Bonchev–Trinajstić information content (AvgIpc) is 2.09. The molecule has 0 saturated heterocycles. The fourth-order valence-electron chi connectivity index (χ4n) is 1.12. The van der Waals surface area contributed by atoms with Crippen LogP contribution in [0.15, 0.2) is 0 Å². The van der Waals surface area contributed by atoms with Crippen LogP contribution in [0.1, 0.15) is 20.3 Å². The van der Waals surface area contributed by atoms with E-state index in [1.54, 1.807) is 0 Å². The maximum Gasteiger partial charge on any atom is 0.345 e. The third kappa shape index (κ3) is 4.54. The molecule has 0 amide bonds. The predicted molar refractivity (Wildman–Crippen MR) is 49.6 cm³/mol. The largest absolute Gasteiger partial charge is 0.481 e. The lowest BCUT2D eigenvalue weighted by Crippen LogP contribution is -2.39. The van der Waals surface area contributed by atoms with Crippen LogP contribution in [0.5, 0.6) is 0 Å². The van der Waals surface area contributed by atoms with Crippen LogP contribution in [-0.2, 0) is 23.9 Å². The highest BCUT2D eigenvalue weighted by atomic mass is 16.6. The van der Waals surface area contributed by atoms with Crippen LogP contribution >= 0.6 is 0 Å². The Labute approximate surface area is 91.0 Å². The summed E-state index contributed by atoms with van der Waals surface area (Å²) in [6, 6.07) is 0. The Bertz CT molecular complexity index is 288. The second-order valence-electron chi connectivity index (χ2n) is 3.22. The fraction of sp³-hybridized carbons (Fsp3) is 0.556. The van der Waals surface area contributed by atoms with E-state index in [1.807, 2.05) is 0 Å². The second kappa shape index (κ2) is 5.84. The van der Waals surface area contributed by atoms with Gasteiger partial charge in [-0.15, -0.1) is 0 Å². The first kappa shape index (κ1) is 14.1. The number of hydrogen-bond donors (Lipinski definition) is 2. The van der Waals surface area contributed by atoms with Gasteiger partial charge in [-0.25, -0.2) is 4.79 Å². The van der Waals surface area contributed by atoms with Crippen molar-refractivity contribution >= 4 is 23.7 Å². The van der Waals surface area contributed by atoms with E-state index in [0.29, 0.717) is 0 Å². The number of aliphatic carboxylic acids is 2. The molecule has 0 radical (unpaired) electrons. The first-order chi connectivity index (χ1) is 7.25. The molecule has 0 rings (SSSR count). The van der Waals surface area contributed by atoms with Crippen molar-refractivity contribution in [3.63, 3.8) is 0 Å². The maximum absolute atomic E-state index is 10.8. The molecule has 0 saturated carbocycles. The molecule has 2 N–H and O–H groups in total. The van der Waals surface area contributed by atoms with Crippen LogP contribution in [0.25, 0.3) is 0 Å². The van der Waals surface area contributed by atoms with Gasteiger partial charge in [0.25, 0.3) is 0 Å². The summed E-state index contributed by atoms with van der Waals surface area (Å²) in [7, 11) is 0. The molecule has 0 fully saturated rings. The third-order valence-electron chi connectivity index (χ3n) is 1.73. The van der Waals surface area contributed by atoms with Crippen LogP contribution in [0.4, 0.5) is 0 Å². The number of ketones is 1. The molecule has 0 aliphatic rings. The van der Waals surface area contributed by atoms with Crippen LogP contribution in [0, 0.1) is 5.92 Å². The van der Waals surface area contributed by atoms with Gasteiger partial charge in [-0.05, 0) is 6.92 Å². The zero-order chi connectivity index (χ0) is 12.9. The topological polar surface area (TPSA) is 118 Å². The van der Waals surface area contributed by atoms with Gasteiger partial charge < -0.3 is 14.9 Å². The maximum atomic E-state index is 10.8. The molecule has 7 heteroatoms. The van der Waals surface area contributed by atoms with E-state index in [9.17, 15) is 19.2 Å². The summed E-state index contributed by atoms with van der Waals surface area (Å²) in [6.07, 6.45) is -2.35. The molecule has 0 aliphatic heterocycles. The quantitative estimate of drug-likeness (QED) is 0.602. The van der Waals surface area contributed by atoms with Crippen LogP contribution in [0.2, 0.25) is 0 Å². The number of carbonyl (C=O) groups excluding carboxylic acids is 2. The molecule has 0 aromatic carbocycles. The molecular weight excluding hydrogens is 220 g/mol. The number of ether oxygens (including phenoxy) is 1. The fourth-order valence-corrected chi connectivity index (χ4v) is 1.12. The minimum Gasteiger partial charge on any atom is -0.481 e. The van der Waals surface area contributed by atoms with E-state index in [-0.39, 0.29) is 0 Å². The number of esters is 1. The van der Waals surface area contributed by atoms with Crippen molar-refractivity contribution < 1.29 is 34.1 Å². The van der Waals surface area contributed by atoms with Gasteiger partial charge in [0.2, 0.25) is 6.10 Å². The number of rotatable bonds is 6. The smallest absolute Gasteiger partial charge is 0.345 e. The van der Waals surface area contributed by atoms with E-state index >= 15 is 0 Å². The average molecular weight is 232 g/mol. The van der Waals surface area contributed by atoms with E-state index in [1.165, 1.54) is 0 Å². The Morgan fingerprint density at radius 3 is 1.81 bits per heavy atom. The minimum atomic E-state index is -1.85. The molecule has 0 heterocycles. The van der Waals surface area contributed by atoms with Gasteiger partial charge in [0.1, 0.15) is 11.7 Å². The van der Waals surface area contributed by atoms with Crippen molar-refractivity contribution in [2.24, 2.45) is 5.92 Å². The summed E-state index contributed by atoms with van der Waals surface area (Å²) in [5.41, 5.74) is 0. The Morgan fingerprint density at radius 1 is 1.06 bits per heavy atom. The van der Waals surface area contributed by atoms with Crippen molar-refractivity contribution in [1.82, 2.24) is 0 Å². The number of carboxylic acid groups (broad SMARTS) is 2. The van der Waals surface area contributed by atoms with Crippen LogP contribution in [-0.4, -0.2) is 40.0 Å². The van der Waals surface area contributed by atoms with Crippen molar-refractivity contribution in [3.8, 4) is 0 Å². The van der Waals surface area contributed by atoms with Gasteiger partial charge in [-0.1, -0.05) is 0 Å². The predicted octanol–water partition coefficient (Wildman–Crippen LogP) is -0.317. The normalized spacial score (nSPS) is 13.6. The second-order valence-corrected chi connectivity index (χ2v) is 3.22. The Kier molecular flexibility index (Phi) is 5.14. The molecule has 0 aromatic heterocycles. The summed E-state index contributed by atoms with van der Waals surface area (Å²) in [4.78, 5) is 42.8.